The molecule has 0 spiro atoms. The molecule has 1 heterocycles. The van der Waals surface area contributed by atoms with E-state index in [-0.39, 0.29) is 12.1 Å². The standard InChI is InChI=1S/C12H8N4O/c13-16-15-5-1-2-9-3-4-10-8-14-12(17)7-11(10)6-9/h3-4,6-8H,5H2,(H,14,17). The summed E-state index contributed by atoms with van der Waals surface area (Å²) in [4.78, 5) is 16.4. The molecule has 2 aromatic rings. The van der Waals surface area contributed by atoms with Gasteiger partial charge in [0, 0.05) is 22.7 Å². The molecule has 0 fully saturated rings. The lowest BCUT2D eigenvalue weighted by atomic mass is 10.1. The third-order valence-electron chi connectivity index (χ3n) is 2.19. The second-order valence-electron chi connectivity index (χ2n) is 3.33. The van der Waals surface area contributed by atoms with Gasteiger partial charge in [-0.1, -0.05) is 23.0 Å². The van der Waals surface area contributed by atoms with Gasteiger partial charge >= 0.3 is 0 Å². The number of nitrogens with zero attached hydrogens (tertiary/aromatic N) is 3. The van der Waals surface area contributed by atoms with Crippen LogP contribution in [0.1, 0.15) is 5.56 Å². The van der Waals surface area contributed by atoms with Crippen molar-refractivity contribution in [1.82, 2.24) is 4.98 Å². The molecule has 0 amide bonds. The van der Waals surface area contributed by atoms with Gasteiger partial charge in [0.2, 0.25) is 5.56 Å². The minimum Gasteiger partial charge on any atom is -0.328 e. The van der Waals surface area contributed by atoms with Crippen molar-refractivity contribution in [2.24, 2.45) is 5.11 Å². The van der Waals surface area contributed by atoms with Gasteiger partial charge in [0.1, 0.15) is 0 Å². The van der Waals surface area contributed by atoms with Crippen LogP contribution in [0.25, 0.3) is 21.2 Å². The SMILES string of the molecule is [N-]=[N+]=NCC#Cc1ccc2c[nH]c(=O)cc2c1. The van der Waals surface area contributed by atoms with Crippen molar-refractivity contribution < 1.29 is 0 Å². The van der Waals surface area contributed by atoms with Crippen molar-refractivity contribution in [2.45, 2.75) is 0 Å². The molecule has 1 aromatic carbocycles. The number of aromatic amines is 1. The third-order valence-corrected chi connectivity index (χ3v) is 2.19. The van der Waals surface area contributed by atoms with Crippen LogP contribution in [0.4, 0.5) is 0 Å². The Morgan fingerprint density at radius 1 is 1.35 bits per heavy atom. The molecule has 0 aliphatic rings. The maximum Gasteiger partial charge on any atom is 0.248 e. The number of fused-ring (bicyclic) bond motifs is 1. The first kappa shape index (κ1) is 10.8. The van der Waals surface area contributed by atoms with Crippen LogP contribution in [0, 0.1) is 11.8 Å². The molecule has 0 aliphatic carbocycles. The molecule has 0 radical (unpaired) electrons. The summed E-state index contributed by atoms with van der Waals surface area (Å²) in [5.41, 5.74) is 8.73. The summed E-state index contributed by atoms with van der Waals surface area (Å²) < 4.78 is 0. The highest BCUT2D eigenvalue weighted by molar-refractivity contribution is 5.82. The Balaban J connectivity index is 2.39. The Morgan fingerprint density at radius 2 is 2.24 bits per heavy atom. The summed E-state index contributed by atoms with van der Waals surface area (Å²) in [7, 11) is 0. The number of azide groups is 1. The molecule has 0 saturated heterocycles. The number of hydrogen-bond acceptors (Lipinski definition) is 2. The number of rotatable bonds is 1. The molecule has 2 rings (SSSR count). The minimum absolute atomic E-state index is 0.142. The van der Waals surface area contributed by atoms with Gasteiger partial charge in [-0.2, -0.15) is 0 Å². The fourth-order valence-corrected chi connectivity index (χ4v) is 1.45. The van der Waals surface area contributed by atoms with E-state index >= 15 is 0 Å². The van der Waals surface area contributed by atoms with E-state index in [9.17, 15) is 4.79 Å². The average molecular weight is 224 g/mol. The topological polar surface area (TPSA) is 81.6 Å². The van der Waals surface area contributed by atoms with Crippen LogP contribution in [-0.2, 0) is 0 Å². The zero-order valence-corrected chi connectivity index (χ0v) is 8.84. The molecule has 5 heteroatoms. The van der Waals surface area contributed by atoms with Crippen molar-refractivity contribution in [3.8, 4) is 11.8 Å². The fourth-order valence-electron chi connectivity index (χ4n) is 1.45. The van der Waals surface area contributed by atoms with E-state index in [1.807, 2.05) is 18.2 Å². The summed E-state index contributed by atoms with van der Waals surface area (Å²) in [6.45, 7) is 0.143. The molecule has 0 aliphatic heterocycles. The van der Waals surface area contributed by atoms with Crippen LogP contribution in [0.5, 0.6) is 0 Å². The first-order valence-corrected chi connectivity index (χ1v) is 4.92. The number of pyridine rings is 1. The Labute approximate surface area is 96.7 Å². The number of benzene rings is 1. The van der Waals surface area contributed by atoms with Crippen LogP contribution in [-0.4, -0.2) is 11.5 Å². The first-order valence-electron chi connectivity index (χ1n) is 4.92. The highest BCUT2D eigenvalue weighted by Crippen LogP contribution is 2.12. The lowest BCUT2D eigenvalue weighted by Crippen LogP contribution is -2.01. The first-order chi connectivity index (χ1) is 8.29. The number of aromatic nitrogens is 1. The van der Waals surface area contributed by atoms with Gasteiger partial charge < -0.3 is 4.98 Å². The van der Waals surface area contributed by atoms with E-state index in [1.54, 1.807) is 6.20 Å². The second kappa shape index (κ2) is 4.88. The van der Waals surface area contributed by atoms with Crippen molar-refractivity contribution in [3.63, 3.8) is 0 Å². The Morgan fingerprint density at radius 3 is 3.06 bits per heavy atom. The molecule has 5 nitrogen and oxygen atoms in total. The lowest BCUT2D eigenvalue weighted by molar-refractivity contribution is 1.25. The molecular weight excluding hydrogens is 216 g/mol. The smallest absolute Gasteiger partial charge is 0.248 e. The lowest BCUT2D eigenvalue weighted by Gasteiger charge is -1.96. The summed E-state index contributed by atoms with van der Waals surface area (Å²) >= 11 is 0. The predicted molar refractivity (Wildman–Crippen MR) is 65.5 cm³/mol. The number of nitrogens with one attached hydrogen (secondary N) is 1. The molecule has 0 bridgehead atoms. The summed E-state index contributed by atoms with van der Waals surface area (Å²) in [5, 5.41) is 5.10. The van der Waals surface area contributed by atoms with E-state index in [1.165, 1.54) is 6.07 Å². The van der Waals surface area contributed by atoms with Crippen molar-refractivity contribution in [1.29, 1.82) is 0 Å². The fraction of sp³-hybridized carbons (Fsp3) is 0.0833. The Kier molecular flexibility index (Phi) is 3.10. The van der Waals surface area contributed by atoms with Crippen LogP contribution in [0.3, 0.4) is 0 Å². The van der Waals surface area contributed by atoms with Gasteiger partial charge in [0.05, 0.1) is 6.54 Å². The highest BCUT2D eigenvalue weighted by Gasteiger charge is 1.94. The quantitative estimate of drug-likeness (QED) is 0.342. The maximum absolute atomic E-state index is 11.1. The molecule has 17 heavy (non-hydrogen) atoms. The van der Waals surface area contributed by atoms with Crippen molar-refractivity contribution in [2.75, 3.05) is 6.54 Å². The third kappa shape index (κ3) is 2.65. The summed E-state index contributed by atoms with van der Waals surface area (Å²) in [6.07, 6.45) is 1.66. The molecular formula is C12H8N4O. The summed E-state index contributed by atoms with van der Waals surface area (Å²) in [5.74, 6) is 5.59. The number of hydrogen-bond donors (Lipinski definition) is 1. The molecule has 0 unspecified atom stereocenters. The zero-order chi connectivity index (χ0) is 12.1. The normalized spacial score (nSPS) is 9.18. The van der Waals surface area contributed by atoms with Crippen LogP contribution in [0.2, 0.25) is 0 Å². The van der Waals surface area contributed by atoms with Gasteiger partial charge in [-0.15, -0.1) is 0 Å². The summed E-state index contributed by atoms with van der Waals surface area (Å²) in [6, 6.07) is 7.08. The van der Waals surface area contributed by atoms with E-state index in [4.69, 9.17) is 5.53 Å². The maximum atomic E-state index is 11.1. The number of H-pyrrole nitrogens is 1. The monoisotopic (exact) mass is 224 g/mol. The van der Waals surface area contributed by atoms with Gasteiger partial charge in [0.25, 0.3) is 0 Å². The van der Waals surface area contributed by atoms with Crippen LogP contribution >= 0.6 is 0 Å². The molecule has 0 saturated carbocycles. The van der Waals surface area contributed by atoms with E-state index < -0.39 is 0 Å². The van der Waals surface area contributed by atoms with E-state index in [0.717, 1.165) is 16.3 Å². The van der Waals surface area contributed by atoms with E-state index in [0.29, 0.717) is 0 Å². The largest absolute Gasteiger partial charge is 0.328 e. The van der Waals surface area contributed by atoms with Crippen LogP contribution < -0.4 is 5.56 Å². The zero-order valence-electron chi connectivity index (χ0n) is 8.84. The van der Waals surface area contributed by atoms with E-state index in [2.05, 4.69) is 26.9 Å². The Hall–Kier alpha value is -2.70. The van der Waals surface area contributed by atoms with Gasteiger partial charge in [-0.05, 0) is 28.4 Å². The average Bonchev–Trinajstić information content (AvgIpc) is 2.34. The van der Waals surface area contributed by atoms with Gasteiger partial charge in [0.15, 0.2) is 0 Å². The second-order valence-corrected chi connectivity index (χ2v) is 3.33. The van der Waals surface area contributed by atoms with Gasteiger partial charge in [-0.3, -0.25) is 4.79 Å². The van der Waals surface area contributed by atoms with Crippen molar-refractivity contribution >= 4 is 10.8 Å². The molecule has 0 atom stereocenters. The van der Waals surface area contributed by atoms with Gasteiger partial charge in [-0.25, -0.2) is 0 Å². The Bertz CT molecular complexity index is 714. The molecule has 1 aromatic heterocycles. The minimum atomic E-state index is -0.142. The predicted octanol–water partition coefficient (Wildman–Crippen LogP) is 2.19. The molecule has 82 valence electrons. The highest BCUT2D eigenvalue weighted by atomic mass is 16.1. The van der Waals surface area contributed by atoms with Crippen molar-refractivity contribution in [3.05, 3.63) is 56.8 Å². The van der Waals surface area contributed by atoms with Crippen LogP contribution in [0.15, 0.2) is 40.4 Å². The molecule has 1 N–H and O–H groups in total.